The summed E-state index contributed by atoms with van der Waals surface area (Å²) >= 11 is 0. The number of benzene rings is 1. The molecule has 0 atom stereocenters. The van der Waals surface area contributed by atoms with E-state index in [1.807, 2.05) is 36.4 Å². The molecule has 2 rings (SSSR count). The number of amides is 1. The van der Waals surface area contributed by atoms with E-state index in [1.165, 1.54) is 0 Å². The lowest BCUT2D eigenvalue weighted by Crippen LogP contribution is -2.20. The third-order valence-electron chi connectivity index (χ3n) is 2.54. The van der Waals surface area contributed by atoms with Crippen molar-refractivity contribution in [3.05, 3.63) is 36.4 Å². The van der Waals surface area contributed by atoms with Crippen LogP contribution >= 0.6 is 0 Å². The molecule has 0 radical (unpaired) electrons. The Hall–Kier alpha value is -2.10. The van der Waals surface area contributed by atoms with E-state index in [-0.39, 0.29) is 5.91 Å². The fourth-order valence-electron chi connectivity index (χ4n) is 1.59. The number of nitrogens with zero attached hydrogens (tertiary/aromatic N) is 1. The van der Waals surface area contributed by atoms with Gasteiger partial charge in [0.1, 0.15) is 5.82 Å². The van der Waals surface area contributed by atoms with E-state index in [2.05, 4.69) is 15.6 Å². The standard InChI is InChI=1S/C13H15N3O/c1-14-13(17)8-9-15-12-7-6-10-4-2-3-5-11(10)16-12/h2-7H,8-9H2,1H3,(H,14,17)(H,15,16). The van der Waals surface area contributed by atoms with Gasteiger partial charge in [-0.05, 0) is 18.2 Å². The second-order valence-corrected chi connectivity index (χ2v) is 3.74. The van der Waals surface area contributed by atoms with Gasteiger partial charge in [0.15, 0.2) is 0 Å². The topological polar surface area (TPSA) is 54.0 Å². The van der Waals surface area contributed by atoms with Crippen LogP contribution in [0.25, 0.3) is 10.9 Å². The Morgan fingerprint density at radius 3 is 2.88 bits per heavy atom. The zero-order chi connectivity index (χ0) is 12.1. The number of hydrogen-bond donors (Lipinski definition) is 2. The maximum atomic E-state index is 11.0. The van der Waals surface area contributed by atoms with Crippen molar-refractivity contribution >= 4 is 22.6 Å². The van der Waals surface area contributed by atoms with E-state index in [9.17, 15) is 4.79 Å². The average Bonchev–Trinajstić information content (AvgIpc) is 2.38. The molecule has 4 heteroatoms. The van der Waals surface area contributed by atoms with Crippen LogP contribution in [0.5, 0.6) is 0 Å². The van der Waals surface area contributed by atoms with Crippen molar-refractivity contribution in [2.45, 2.75) is 6.42 Å². The first-order valence-electron chi connectivity index (χ1n) is 5.60. The summed E-state index contributed by atoms with van der Waals surface area (Å²) in [5.41, 5.74) is 0.956. The molecular weight excluding hydrogens is 214 g/mol. The van der Waals surface area contributed by atoms with Crippen molar-refractivity contribution in [1.82, 2.24) is 10.3 Å². The van der Waals surface area contributed by atoms with Crippen LogP contribution in [0, 0.1) is 0 Å². The van der Waals surface area contributed by atoms with E-state index >= 15 is 0 Å². The lowest BCUT2D eigenvalue weighted by molar-refractivity contribution is -0.120. The SMILES string of the molecule is CNC(=O)CCNc1ccc2ccccc2n1. The van der Waals surface area contributed by atoms with Gasteiger partial charge in [-0.3, -0.25) is 4.79 Å². The largest absolute Gasteiger partial charge is 0.370 e. The monoisotopic (exact) mass is 229 g/mol. The number of carbonyl (C=O) groups is 1. The summed E-state index contributed by atoms with van der Waals surface area (Å²) < 4.78 is 0. The summed E-state index contributed by atoms with van der Waals surface area (Å²) in [7, 11) is 1.64. The molecule has 1 amide bonds. The molecule has 0 aliphatic rings. The van der Waals surface area contributed by atoms with Crippen molar-refractivity contribution in [1.29, 1.82) is 0 Å². The molecule has 0 spiro atoms. The minimum Gasteiger partial charge on any atom is -0.370 e. The van der Waals surface area contributed by atoms with Gasteiger partial charge in [-0.2, -0.15) is 0 Å². The van der Waals surface area contributed by atoms with Gasteiger partial charge in [0.05, 0.1) is 5.52 Å². The highest BCUT2D eigenvalue weighted by atomic mass is 16.1. The Morgan fingerprint density at radius 2 is 2.06 bits per heavy atom. The lowest BCUT2D eigenvalue weighted by Gasteiger charge is -2.06. The molecule has 4 nitrogen and oxygen atoms in total. The van der Waals surface area contributed by atoms with E-state index < -0.39 is 0 Å². The number of anilines is 1. The fourth-order valence-corrected chi connectivity index (χ4v) is 1.59. The molecule has 0 saturated heterocycles. The zero-order valence-electron chi connectivity index (χ0n) is 9.73. The van der Waals surface area contributed by atoms with Gasteiger partial charge >= 0.3 is 0 Å². The van der Waals surface area contributed by atoms with Gasteiger partial charge < -0.3 is 10.6 Å². The number of pyridine rings is 1. The predicted molar refractivity (Wildman–Crippen MR) is 68.9 cm³/mol. The van der Waals surface area contributed by atoms with Crippen LogP contribution in [0.3, 0.4) is 0 Å². The molecule has 2 N–H and O–H groups in total. The van der Waals surface area contributed by atoms with Crippen molar-refractivity contribution in [2.24, 2.45) is 0 Å². The van der Waals surface area contributed by atoms with Crippen molar-refractivity contribution in [2.75, 3.05) is 18.9 Å². The molecular formula is C13H15N3O. The van der Waals surface area contributed by atoms with Gasteiger partial charge in [-0.25, -0.2) is 4.98 Å². The second-order valence-electron chi connectivity index (χ2n) is 3.74. The molecule has 1 aromatic carbocycles. The molecule has 0 aliphatic heterocycles. The van der Waals surface area contributed by atoms with Gasteiger partial charge in [-0.1, -0.05) is 18.2 Å². The smallest absolute Gasteiger partial charge is 0.221 e. The molecule has 0 saturated carbocycles. The molecule has 17 heavy (non-hydrogen) atoms. The quantitative estimate of drug-likeness (QED) is 0.840. The summed E-state index contributed by atoms with van der Waals surface area (Å²) in [5, 5.41) is 6.83. The molecule has 1 aromatic heterocycles. The summed E-state index contributed by atoms with van der Waals surface area (Å²) in [6.07, 6.45) is 0.449. The van der Waals surface area contributed by atoms with Crippen LogP contribution < -0.4 is 10.6 Å². The molecule has 2 aromatic rings. The number of carbonyl (C=O) groups excluding carboxylic acids is 1. The van der Waals surface area contributed by atoms with Gasteiger partial charge in [-0.15, -0.1) is 0 Å². The number of nitrogens with one attached hydrogen (secondary N) is 2. The van der Waals surface area contributed by atoms with E-state index in [4.69, 9.17) is 0 Å². The first-order chi connectivity index (χ1) is 8.29. The molecule has 0 fully saturated rings. The number of rotatable bonds is 4. The van der Waals surface area contributed by atoms with E-state index in [1.54, 1.807) is 7.05 Å². The highest BCUT2D eigenvalue weighted by Gasteiger charge is 1.99. The van der Waals surface area contributed by atoms with Crippen LogP contribution in [0.4, 0.5) is 5.82 Å². The first kappa shape index (κ1) is 11.4. The van der Waals surface area contributed by atoms with Crippen LogP contribution in [-0.2, 0) is 4.79 Å². The van der Waals surface area contributed by atoms with Crippen LogP contribution in [0.15, 0.2) is 36.4 Å². The molecule has 88 valence electrons. The average molecular weight is 229 g/mol. The zero-order valence-corrected chi connectivity index (χ0v) is 9.73. The number of fused-ring (bicyclic) bond motifs is 1. The summed E-state index contributed by atoms with van der Waals surface area (Å²) in [5.74, 6) is 0.825. The fraction of sp³-hybridized carbons (Fsp3) is 0.231. The number of hydrogen-bond acceptors (Lipinski definition) is 3. The third-order valence-corrected chi connectivity index (χ3v) is 2.54. The molecule has 0 aliphatic carbocycles. The minimum atomic E-state index is 0.0262. The number of para-hydroxylation sites is 1. The van der Waals surface area contributed by atoms with Crippen LogP contribution in [0.1, 0.15) is 6.42 Å². The number of aromatic nitrogens is 1. The van der Waals surface area contributed by atoms with Gasteiger partial charge in [0, 0.05) is 25.4 Å². The highest BCUT2D eigenvalue weighted by molar-refractivity contribution is 5.80. The van der Waals surface area contributed by atoms with Crippen molar-refractivity contribution < 1.29 is 4.79 Å². The summed E-state index contributed by atoms with van der Waals surface area (Å²) in [4.78, 5) is 15.5. The Balaban J connectivity index is 2.02. The Kier molecular flexibility index (Phi) is 3.55. The molecule has 1 heterocycles. The van der Waals surface area contributed by atoms with Gasteiger partial charge in [0.2, 0.25) is 5.91 Å². The highest BCUT2D eigenvalue weighted by Crippen LogP contribution is 2.14. The van der Waals surface area contributed by atoms with Crippen molar-refractivity contribution in [3.63, 3.8) is 0 Å². The Morgan fingerprint density at radius 1 is 1.24 bits per heavy atom. The Bertz CT molecular complexity index is 525. The lowest BCUT2D eigenvalue weighted by atomic mass is 10.2. The second kappa shape index (κ2) is 5.30. The van der Waals surface area contributed by atoms with E-state index in [0.717, 1.165) is 16.7 Å². The maximum absolute atomic E-state index is 11.0. The Labute approximate surface area is 100 Å². The first-order valence-corrected chi connectivity index (χ1v) is 5.60. The molecule has 0 unspecified atom stereocenters. The van der Waals surface area contributed by atoms with Gasteiger partial charge in [0.25, 0.3) is 0 Å². The van der Waals surface area contributed by atoms with Crippen LogP contribution in [-0.4, -0.2) is 24.5 Å². The van der Waals surface area contributed by atoms with Crippen LogP contribution in [0.2, 0.25) is 0 Å². The van der Waals surface area contributed by atoms with Crippen molar-refractivity contribution in [3.8, 4) is 0 Å². The summed E-state index contributed by atoms with van der Waals surface area (Å²) in [6.45, 7) is 0.588. The molecule has 0 bridgehead atoms. The summed E-state index contributed by atoms with van der Waals surface area (Å²) in [6, 6.07) is 11.9. The predicted octanol–water partition coefficient (Wildman–Crippen LogP) is 1.78. The maximum Gasteiger partial charge on any atom is 0.221 e. The van der Waals surface area contributed by atoms with E-state index in [0.29, 0.717) is 13.0 Å². The minimum absolute atomic E-state index is 0.0262. The normalized spacial score (nSPS) is 10.2. The third kappa shape index (κ3) is 2.93.